The Morgan fingerprint density at radius 3 is 2.10 bits per heavy atom. The number of nitrogens with zero attached hydrogens (tertiary/aromatic N) is 1. The van der Waals surface area contributed by atoms with Crippen molar-refractivity contribution in [3.8, 4) is 5.75 Å². The van der Waals surface area contributed by atoms with Crippen molar-refractivity contribution in [1.29, 1.82) is 0 Å². The first-order chi connectivity index (χ1) is 13.7. The van der Waals surface area contributed by atoms with Gasteiger partial charge in [-0.25, -0.2) is 0 Å². The van der Waals surface area contributed by atoms with Crippen LogP contribution in [0.15, 0.2) is 42.7 Å². The first-order valence-corrected chi connectivity index (χ1v) is 8.41. The number of aromatic nitrogens is 1. The van der Waals surface area contributed by atoms with Gasteiger partial charge in [0, 0.05) is 18.0 Å². The van der Waals surface area contributed by atoms with Crippen molar-refractivity contribution >= 4 is 11.7 Å². The largest absolute Gasteiger partial charge is 0.478 e. The number of rotatable bonds is 6. The number of ether oxygens (including phenoxy) is 1. The van der Waals surface area contributed by atoms with Crippen molar-refractivity contribution < 1.29 is 40.7 Å². The van der Waals surface area contributed by atoms with Gasteiger partial charge in [0.05, 0.1) is 17.7 Å². The van der Waals surface area contributed by atoms with E-state index in [1.54, 1.807) is 0 Å². The lowest BCUT2D eigenvalue weighted by Crippen LogP contribution is -2.48. The zero-order valence-corrected chi connectivity index (χ0v) is 15.7. The lowest BCUT2D eigenvalue weighted by Gasteiger charge is -2.25. The molecule has 0 bridgehead atoms. The Morgan fingerprint density at radius 1 is 0.967 bits per heavy atom. The monoisotopic (exact) mass is 434 g/mol. The minimum atomic E-state index is -4.77. The number of Topliss-reactive ketones (excluding diaryl/α,β-unsaturated/α-hetero) is 1. The van der Waals surface area contributed by atoms with Gasteiger partial charge in [-0.2, -0.15) is 26.3 Å². The number of carbonyl (C=O) groups excluding carboxylic acids is 2. The van der Waals surface area contributed by atoms with Gasteiger partial charge in [-0.1, -0.05) is 0 Å². The van der Waals surface area contributed by atoms with Gasteiger partial charge in [0.2, 0.25) is 0 Å². The van der Waals surface area contributed by atoms with E-state index >= 15 is 0 Å². The zero-order valence-electron chi connectivity index (χ0n) is 15.7. The molecule has 0 aliphatic rings. The quantitative estimate of drug-likeness (QED) is 0.545. The van der Waals surface area contributed by atoms with Crippen LogP contribution in [0.25, 0.3) is 0 Å². The first-order valence-electron chi connectivity index (χ1n) is 8.41. The van der Waals surface area contributed by atoms with E-state index in [0.717, 1.165) is 36.7 Å². The maximum absolute atomic E-state index is 13.0. The molecule has 0 unspecified atom stereocenters. The van der Waals surface area contributed by atoms with E-state index in [-0.39, 0.29) is 5.75 Å². The van der Waals surface area contributed by atoms with Crippen LogP contribution in [-0.4, -0.2) is 28.8 Å². The summed E-state index contributed by atoms with van der Waals surface area (Å²) in [6.45, 7) is 1.82. The van der Waals surface area contributed by atoms with Crippen LogP contribution < -0.4 is 10.1 Å². The topological polar surface area (TPSA) is 68.3 Å². The highest BCUT2D eigenvalue weighted by Gasteiger charge is 2.36. The molecule has 1 amide bonds. The summed E-state index contributed by atoms with van der Waals surface area (Å²) in [5.74, 6) is -1.91. The van der Waals surface area contributed by atoms with Gasteiger partial charge in [-0.15, -0.1) is 0 Å². The standard InChI is InChI=1S/C19H16F6N2O3/c1-17(2,30-12-5-3-11(4-6-12)18(20,21)22)16(29)27-10-15(28)13-9-26-8-7-14(13)19(23,24)25/h3-9H,10H2,1-2H3,(H,27,29). The van der Waals surface area contributed by atoms with E-state index in [1.807, 2.05) is 0 Å². The second-order valence-electron chi connectivity index (χ2n) is 6.66. The van der Waals surface area contributed by atoms with E-state index < -0.39 is 52.9 Å². The molecule has 1 N–H and O–H groups in total. The molecule has 0 aliphatic carbocycles. The molecule has 5 nitrogen and oxygen atoms in total. The number of halogens is 6. The Balaban J connectivity index is 2.04. The number of ketones is 1. The molecule has 0 fully saturated rings. The molecular weight excluding hydrogens is 418 g/mol. The van der Waals surface area contributed by atoms with E-state index in [4.69, 9.17) is 4.74 Å². The molecule has 11 heteroatoms. The molecule has 30 heavy (non-hydrogen) atoms. The smallest absolute Gasteiger partial charge is 0.417 e. The van der Waals surface area contributed by atoms with Crippen LogP contribution in [0.3, 0.4) is 0 Å². The summed E-state index contributed by atoms with van der Waals surface area (Å²) >= 11 is 0. The third-order valence-corrected chi connectivity index (χ3v) is 3.94. The SMILES string of the molecule is CC(C)(Oc1ccc(C(F)(F)F)cc1)C(=O)NCC(=O)c1cnccc1C(F)(F)F. The second kappa shape index (κ2) is 8.33. The highest BCUT2D eigenvalue weighted by atomic mass is 19.4. The molecule has 2 rings (SSSR count). The fraction of sp³-hybridized carbons (Fsp3) is 0.316. The number of alkyl halides is 6. The normalized spacial score (nSPS) is 12.4. The highest BCUT2D eigenvalue weighted by molar-refractivity contribution is 6.01. The van der Waals surface area contributed by atoms with Crippen LogP contribution in [-0.2, 0) is 17.1 Å². The molecule has 0 saturated carbocycles. The maximum Gasteiger partial charge on any atom is 0.417 e. The van der Waals surface area contributed by atoms with Gasteiger partial charge in [-0.05, 0) is 44.2 Å². The van der Waals surface area contributed by atoms with Crippen molar-refractivity contribution in [2.24, 2.45) is 0 Å². The Morgan fingerprint density at radius 2 is 1.57 bits per heavy atom. The average molecular weight is 434 g/mol. The van der Waals surface area contributed by atoms with Crippen LogP contribution in [0.5, 0.6) is 5.75 Å². The van der Waals surface area contributed by atoms with Gasteiger partial charge < -0.3 is 10.1 Å². The molecule has 1 heterocycles. The highest BCUT2D eigenvalue weighted by Crippen LogP contribution is 2.32. The number of pyridine rings is 1. The number of benzene rings is 1. The fourth-order valence-corrected chi connectivity index (χ4v) is 2.39. The molecule has 0 aliphatic heterocycles. The van der Waals surface area contributed by atoms with E-state index in [2.05, 4.69) is 10.3 Å². The summed E-state index contributed by atoms with van der Waals surface area (Å²) < 4.78 is 82.1. The summed E-state index contributed by atoms with van der Waals surface area (Å²) in [7, 11) is 0. The van der Waals surface area contributed by atoms with Crippen LogP contribution >= 0.6 is 0 Å². The molecule has 0 atom stereocenters. The Hall–Kier alpha value is -3.11. The minimum absolute atomic E-state index is 0.0407. The molecule has 0 spiro atoms. The molecule has 0 saturated heterocycles. The van der Waals surface area contributed by atoms with Crippen molar-refractivity contribution in [2.45, 2.75) is 31.8 Å². The number of hydrogen-bond donors (Lipinski definition) is 1. The number of hydrogen-bond acceptors (Lipinski definition) is 4. The number of nitrogens with one attached hydrogen (secondary N) is 1. The van der Waals surface area contributed by atoms with Crippen molar-refractivity contribution in [1.82, 2.24) is 10.3 Å². The van der Waals surface area contributed by atoms with Crippen molar-refractivity contribution in [3.63, 3.8) is 0 Å². The Labute approximate surface area is 167 Å². The maximum atomic E-state index is 13.0. The van der Waals surface area contributed by atoms with Gasteiger partial charge in [0.15, 0.2) is 11.4 Å². The van der Waals surface area contributed by atoms with E-state index in [0.29, 0.717) is 6.07 Å². The Bertz CT molecular complexity index is 921. The predicted octanol–water partition coefficient (Wildman–Crippen LogP) is 4.28. The van der Waals surface area contributed by atoms with E-state index in [1.165, 1.54) is 13.8 Å². The zero-order chi connectivity index (χ0) is 22.7. The van der Waals surface area contributed by atoms with Crippen LogP contribution in [0, 0.1) is 0 Å². The molecule has 0 radical (unpaired) electrons. The lowest BCUT2D eigenvalue weighted by molar-refractivity contribution is -0.138. The molecule has 1 aromatic carbocycles. The number of amides is 1. The Kier molecular flexibility index (Phi) is 6.43. The summed E-state index contributed by atoms with van der Waals surface area (Å²) in [4.78, 5) is 27.9. The summed E-state index contributed by atoms with van der Waals surface area (Å²) in [6, 6.07) is 4.23. The van der Waals surface area contributed by atoms with Crippen molar-refractivity contribution in [3.05, 3.63) is 59.4 Å². The third-order valence-electron chi connectivity index (χ3n) is 3.94. The van der Waals surface area contributed by atoms with Gasteiger partial charge >= 0.3 is 12.4 Å². The molecule has 162 valence electrons. The predicted molar refractivity (Wildman–Crippen MR) is 92.7 cm³/mol. The fourth-order valence-electron chi connectivity index (χ4n) is 2.39. The first kappa shape index (κ1) is 23.2. The number of carbonyl (C=O) groups is 2. The lowest BCUT2D eigenvalue weighted by atomic mass is 10.1. The van der Waals surface area contributed by atoms with Gasteiger partial charge in [0.25, 0.3) is 5.91 Å². The van der Waals surface area contributed by atoms with Crippen molar-refractivity contribution in [2.75, 3.05) is 6.54 Å². The van der Waals surface area contributed by atoms with Gasteiger partial charge in [-0.3, -0.25) is 14.6 Å². The van der Waals surface area contributed by atoms with Crippen LogP contribution in [0.1, 0.15) is 35.3 Å². The molecule has 1 aromatic heterocycles. The average Bonchev–Trinajstić information content (AvgIpc) is 2.64. The summed E-state index contributed by atoms with van der Waals surface area (Å²) in [6.07, 6.45) is -7.67. The van der Waals surface area contributed by atoms with Gasteiger partial charge in [0.1, 0.15) is 5.75 Å². The van der Waals surface area contributed by atoms with Crippen LogP contribution in [0.2, 0.25) is 0 Å². The molecular formula is C19H16F6N2O3. The van der Waals surface area contributed by atoms with E-state index in [9.17, 15) is 35.9 Å². The summed E-state index contributed by atoms with van der Waals surface area (Å²) in [5.41, 5.74) is -4.41. The summed E-state index contributed by atoms with van der Waals surface area (Å²) in [5, 5.41) is 2.17. The van der Waals surface area contributed by atoms with Crippen LogP contribution in [0.4, 0.5) is 26.3 Å². The minimum Gasteiger partial charge on any atom is -0.478 e. The molecule has 2 aromatic rings. The third kappa shape index (κ3) is 5.71. The second-order valence-corrected chi connectivity index (χ2v) is 6.66.